The summed E-state index contributed by atoms with van der Waals surface area (Å²) in [5, 5.41) is 10.2. The summed E-state index contributed by atoms with van der Waals surface area (Å²) in [5.41, 5.74) is 6.64. The van der Waals surface area contributed by atoms with E-state index in [9.17, 15) is 0 Å². The average molecular weight is 283 g/mol. The fraction of sp³-hybridized carbons (Fsp3) is 0.583. The minimum absolute atomic E-state index is 0.367. The molecule has 1 aliphatic heterocycles. The number of hydrogen-bond acceptors (Lipinski definition) is 6. The van der Waals surface area contributed by atoms with Crippen molar-refractivity contribution in [3.8, 4) is 6.07 Å². The number of nitriles is 1. The zero-order valence-corrected chi connectivity index (χ0v) is 12.2. The van der Waals surface area contributed by atoms with Crippen LogP contribution in [0.25, 0.3) is 0 Å². The lowest BCUT2D eigenvalue weighted by atomic mass is 10.1. The number of anilines is 2. The smallest absolute Gasteiger partial charge is 0.131 e. The Hall–Kier alpha value is -0.900. The van der Waals surface area contributed by atoms with Crippen LogP contribution in [0, 0.1) is 11.3 Å². The maximum absolute atomic E-state index is 9.06. The molecule has 18 heavy (non-hydrogen) atoms. The van der Waals surface area contributed by atoms with Crippen molar-refractivity contribution in [1.29, 1.82) is 5.26 Å². The van der Waals surface area contributed by atoms with Crippen LogP contribution in [0.5, 0.6) is 0 Å². The maximum Gasteiger partial charge on any atom is 0.131 e. The van der Waals surface area contributed by atoms with Crippen LogP contribution in [-0.2, 0) is 4.74 Å². The number of rotatable bonds is 3. The summed E-state index contributed by atoms with van der Waals surface area (Å²) in [5.74, 6) is 0. The molecule has 0 aliphatic carbocycles. The van der Waals surface area contributed by atoms with Crippen LogP contribution in [0.2, 0.25) is 0 Å². The standard InChI is InChI=1S/C12H17N3OS2/c1-16-8-3-5-15(6-4-8)12-11(17-2)10(14)9(7-13)18-12/h8H,3-6,14H2,1-2H3. The minimum Gasteiger partial charge on any atom is -0.396 e. The number of nitrogens with zero attached hydrogens (tertiary/aromatic N) is 2. The van der Waals surface area contributed by atoms with E-state index in [4.69, 9.17) is 15.7 Å². The Morgan fingerprint density at radius 1 is 1.50 bits per heavy atom. The van der Waals surface area contributed by atoms with Gasteiger partial charge in [0.2, 0.25) is 0 Å². The van der Waals surface area contributed by atoms with Gasteiger partial charge in [-0.1, -0.05) is 0 Å². The zero-order valence-electron chi connectivity index (χ0n) is 10.6. The Labute approximate surface area is 116 Å². The Bertz CT molecular complexity index is 459. The molecule has 2 N–H and O–H groups in total. The van der Waals surface area contributed by atoms with E-state index in [1.54, 1.807) is 18.9 Å². The molecule has 1 saturated heterocycles. The van der Waals surface area contributed by atoms with Crippen LogP contribution in [-0.4, -0.2) is 32.6 Å². The highest BCUT2D eigenvalue weighted by Crippen LogP contribution is 2.44. The number of methoxy groups -OCH3 is 1. The minimum atomic E-state index is 0.367. The van der Waals surface area contributed by atoms with Crippen molar-refractivity contribution in [3.05, 3.63) is 4.88 Å². The predicted molar refractivity (Wildman–Crippen MR) is 77.5 cm³/mol. The third-order valence-corrected chi connectivity index (χ3v) is 5.37. The summed E-state index contributed by atoms with van der Waals surface area (Å²) in [6.45, 7) is 1.94. The lowest BCUT2D eigenvalue weighted by Crippen LogP contribution is -2.36. The molecule has 2 heterocycles. The summed E-state index contributed by atoms with van der Waals surface area (Å²) >= 11 is 3.12. The molecule has 0 atom stereocenters. The molecule has 6 heteroatoms. The van der Waals surface area contributed by atoms with E-state index in [1.165, 1.54) is 11.3 Å². The third kappa shape index (κ3) is 2.44. The van der Waals surface area contributed by atoms with Crippen molar-refractivity contribution in [2.45, 2.75) is 23.8 Å². The van der Waals surface area contributed by atoms with Gasteiger partial charge in [-0.05, 0) is 19.1 Å². The van der Waals surface area contributed by atoms with Crippen molar-refractivity contribution in [3.63, 3.8) is 0 Å². The van der Waals surface area contributed by atoms with Gasteiger partial charge in [0.15, 0.2) is 0 Å². The number of thiophene rings is 1. The molecule has 1 aromatic heterocycles. The van der Waals surface area contributed by atoms with Crippen molar-refractivity contribution in [1.82, 2.24) is 0 Å². The molecule has 0 amide bonds. The Kier molecular flexibility index (Phi) is 4.38. The van der Waals surface area contributed by atoms with Crippen LogP contribution < -0.4 is 10.6 Å². The van der Waals surface area contributed by atoms with Gasteiger partial charge in [-0.3, -0.25) is 0 Å². The van der Waals surface area contributed by atoms with Gasteiger partial charge in [0, 0.05) is 20.2 Å². The molecule has 1 aliphatic rings. The maximum atomic E-state index is 9.06. The van der Waals surface area contributed by atoms with E-state index >= 15 is 0 Å². The zero-order chi connectivity index (χ0) is 13.1. The van der Waals surface area contributed by atoms with Gasteiger partial charge >= 0.3 is 0 Å². The van der Waals surface area contributed by atoms with Gasteiger partial charge in [0.25, 0.3) is 0 Å². The molecule has 0 bridgehead atoms. The van der Waals surface area contributed by atoms with Crippen LogP contribution in [0.15, 0.2) is 4.90 Å². The van der Waals surface area contributed by atoms with E-state index in [-0.39, 0.29) is 0 Å². The van der Waals surface area contributed by atoms with E-state index in [1.807, 2.05) is 6.26 Å². The van der Waals surface area contributed by atoms with Gasteiger partial charge in [0.05, 0.1) is 16.7 Å². The van der Waals surface area contributed by atoms with Gasteiger partial charge in [-0.2, -0.15) is 5.26 Å². The van der Waals surface area contributed by atoms with Gasteiger partial charge in [-0.15, -0.1) is 23.1 Å². The molecule has 4 nitrogen and oxygen atoms in total. The van der Waals surface area contributed by atoms with E-state index in [0.29, 0.717) is 16.7 Å². The first-order valence-corrected chi connectivity index (χ1v) is 7.89. The molecule has 98 valence electrons. The molecule has 2 rings (SSSR count). The first kappa shape index (κ1) is 13.5. The van der Waals surface area contributed by atoms with Crippen molar-refractivity contribution in [2.24, 2.45) is 0 Å². The van der Waals surface area contributed by atoms with Crippen LogP contribution in [0.3, 0.4) is 0 Å². The molecule has 0 radical (unpaired) electrons. The summed E-state index contributed by atoms with van der Waals surface area (Å²) in [6, 6.07) is 2.18. The fourth-order valence-electron chi connectivity index (χ4n) is 2.20. The number of hydrogen-bond donors (Lipinski definition) is 1. The molecular weight excluding hydrogens is 266 g/mol. The summed E-state index contributed by atoms with van der Waals surface area (Å²) in [7, 11) is 1.77. The van der Waals surface area contributed by atoms with Crippen LogP contribution in [0.1, 0.15) is 17.7 Å². The second-order valence-corrected chi connectivity index (χ2v) is 6.03. The first-order valence-electron chi connectivity index (χ1n) is 5.85. The predicted octanol–water partition coefficient (Wildman–Crippen LogP) is 2.54. The lowest BCUT2D eigenvalue weighted by Gasteiger charge is -2.32. The quantitative estimate of drug-likeness (QED) is 0.864. The number of thioether (sulfide) groups is 1. The Morgan fingerprint density at radius 3 is 2.67 bits per heavy atom. The van der Waals surface area contributed by atoms with Crippen molar-refractivity contribution in [2.75, 3.05) is 37.1 Å². The first-order chi connectivity index (χ1) is 8.71. The second-order valence-electron chi connectivity index (χ2n) is 4.22. The normalized spacial score (nSPS) is 16.8. The summed E-state index contributed by atoms with van der Waals surface area (Å²) < 4.78 is 5.38. The van der Waals surface area contributed by atoms with Gasteiger partial charge < -0.3 is 15.4 Å². The molecule has 1 aromatic rings. The van der Waals surface area contributed by atoms with Crippen LogP contribution >= 0.6 is 23.1 Å². The van der Waals surface area contributed by atoms with Gasteiger partial charge in [-0.25, -0.2) is 0 Å². The number of ether oxygens (including phenoxy) is 1. The topological polar surface area (TPSA) is 62.3 Å². The van der Waals surface area contributed by atoms with Crippen molar-refractivity contribution >= 4 is 33.8 Å². The molecule has 0 aromatic carbocycles. The van der Waals surface area contributed by atoms with Crippen LogP contribution in [0.4, 0.5) is 10.7 Å². The number of nitrogens with two attached hydrogens (primary N) is 1. The monoisotopic (exact) mass is 283 g/mol. The average Bonchev–Trinajstić information content (AvgIpc) is 2.75. The van der Waals surface area contributed by atoms with E-state index in [0.717, 1.165) is 35.8 Å². The van der Waals surface area contributed by atoms with Crippen molar-refractivity contribution < 1.29 is 4.74 Å². The SMILES string of the molecule is COC1CCN(c2sc(C#N)c(N)c2SC)CC1. The molecule has 1 fully saturated rings. The Morgan fingerprint density at radius 2 is 2.17 bits per heavy atom. The number of nitrogen functional groups attached to an aromatic ring is 1. The fourth-order valence-corrected chi connectivity index (χ4v) is 4.23. The molecule has 0 saturated carbocycles. The molecule has 0 spiro atoms. The highest BCUT2D eigenvalue weighted by atomic mass is 32.2. The highest BCUT2D eigenvalue weighted by Gasteiger charge is 2.24. The second kappa shape index (κ2) is 5.83. The third-order valence-electron chi connectivity index (χ3n) is 3.25. The largest absolute Gasteiger partial charge is 0.396 e. The summed E-state index contributed by atoms with van der Waals surface area (Å²) in [6.07, 6.45) is 4.44. The summed E-state index contributed by atoms with van der Waals surface area (Å²) in [4.78, 5) is 4.00. The van der Waals surface area contributed by atoms with E-state index in [2.05, 4.69) is 11.0 Å². The molecular formula is C12H17N3OS2. The lowest BCUT2D eigenvalue weighted by molar-refractivity contribution is 0.0819. The highest BCUT2D eigenvalue weighted by molar-refractivity contribution is 7.99. The number of piperidine rings is 1. The Balaban J connectivity index is 2.21. The molecule has 0 unspecified atom stereocenters. The van der Waals surface area contributed by atoms with Gasteiger partial charge in [0.1, 0.15) is 15.9 Å². The van der Waals surface area contributed by atoms with E-state index < -0.39 is 0 Å².